The van der Waals surface area contributed by atoms with Crippen molar-refractivity contribution in [1.82, 2.24) is 9.88 Å². The summed E-state index contributed by atoms with van der Waals surface area (Å²) in [6.07, 6.45) is 1.49. The van der Waals surface area contributed by atoms with Gasteiger partial charge in [-0.1, -0.05) is 41.1 Å². The fraction of sp³-hybridized carbons (Fsp3) is 0.167. The predicted molar refractivity (Wildman–Crippen MR) is 73.8 cm³/mol. The van der Waals surface area contributed by atoms with Gasteiger partial charge >= 0.3 is 0 Å². The van der Waals surface area contributed by atoms with E-state index in [1.54, 1.807) is 18.0 Å². The molecule has 0 bridgehead atoms. The minimum absolute atomic E-state index is 0.107. The number of aromatic nitrogens is 1. The van der Waals surface area contributed by atoms with E-state index in [0.717, 1.165) is 5.56 Å². The average molecular weight is 282 g/mol. The van der Waals surface area contributed by atoms with Gasteiger partial charge < -0.3 is 10.6 Å². The van der Waals surface area contributed by atoms with Gasteiger partial charge in [0.25, 0.3) is 5.91 Å². The van der Waals surface area contributed by atoms with Crippen LogP contribution in [0, 0.1) is 0 Å². The van der Waals surface area contributed by atoms with E-state index in [0.29, 0.717) is 21.6 Å². The first kappa shape index (κ1) is 12.9. The summed E-state index contributed by atoms with van der Waals surface area (Å²) >= 11 is 7.24. The molecule has 2 N–H and O–H groups in total. The highest BCUT2D eigenvalue weighted by Gasteiger charge is 2.15. The fourth-order valence-electron chi connectivity index (χ4n) is 1.53. The summed E-state index contributed by atoms with van der Waals surface area (Å²) in [6, 6.07) is 7.45. The number of thiazole rings is 1. The molecule has 0 atom stereocenters. The van der Waals surface area contributed by atoms with E-state index in [1.165, 1.54) is 17.5 Å². The van der Waals surface area contributed by atoms with Gasteiger partial charge in [-0.2, -0.15) is 0 Å². The Morgan fingerprint density at radius 3 is 2.83 bits per heavy atom. The SMILES string of the molecule is CN(Cc1ccccc1Cl)C(=O)c1cnc(N)s1. The molecule has 2 aromatic rings. The molecule has 0 aliphatic carbocycles. The van der Waals surface area contributed by atoms with Crippen LogP contribution in [0.25, 0.3) is 0 Å². The number of carbonyl (C=O) groups excluding carboxylic acids is 1. The molecule has 4 nitrogen and oxygen atoms in total. The molecule has 2 rings (SSSR count). The quantitative estimate of drug-likeness (QED) is 0.941. The van der Waals surface area contributed by atoms with Gasteiger partial charge in [0.15, 0.2) is 5.13 Å². The van der Waals surface area contributed by atoms with Crippen LogP contribution in [0.5, 0.6) is 0 Å². The van der Waals surface area contributed by atoms with E-state index in [4.69, 9.17) is 17.3 Å². The van der Waals surface area contributed by atoms with Gasteiger partial charge in [0.2, 0.25) is 0 Å². The standard InChI is InChI=1S/C12H12ClN3OS/c1-16(7-8-4-2-3-5-9(8)13)11(17)10-6-15-12(14)18-10/h2-6H,7H2,1H3,(H2,14,15). The Balaban J connectivity index is 2.11. The molecule has 6 heteroatoms. The number of nitrogens with zero attached hydrogens (tertiary/aromatic N) is 2. The molecule has 18 heavy (non-hydrogen) atoms. The maximum absolute atomic E-state index is 12.1. The predicted octanol–water partition coefficient (Wildman–Crippen LogP) is 2.65. The summed E-state index contributed by atoms with van der Waals surface area (Å²) in [5.74, 6) is -0.107. The summed E-state index contributed by atoms with van der Waals surface area (Å²) < 4.78 is 0. The summed E-state index contributed by atoms with van der Waals surface area (Å²) in [5.41, 5.74) is 6.42. The topological polar surface area (TPSA) is 59.2 Å². The Morgan fingerprint density at radius 1 is 1.50 bits per heavy atom. The monoisotopic (exact) mass is 281 g/mol. The van der Waals surface area contributed by atoms with E-state index in [-0.39, 0.29) is 5.91 Å². The number of nitrogen functional groups attached to an aromatic ring is 1. The molecule has 1 amide bonds. The van der Waals surface area contributed by atoms with E-state index in [2.05, 4.69) is 4.98 Å². The van der Waals surface area contributed by atoms with Gasteiger partial charge in [-0.05, 0) is 11.6 Å². The first-order chi connectivity index (χ1) is 8.58. The zero-order valence-corrected chi connectivity index (χ0v) is 11.3. The average Bonchev–Trinajstić information content (AvgIpc) is 2.78. The molecule has 1 aromatic carbocycles. The lowest BCUT2D eigenvalue weighted by Gasteiger charge is -2.16. The first-order valence-corrected chi connectivity index (χ1v) is 6.47. The van der Waals surface area contributed by atoms with Crippen LogP contribution in [-0.4, -0.2) is 22.8 Å². The summed E-state index contributed by atoms with van der Waals surface area (Å²) in [5, 5.41) is 1.05. The van der Waals surface area contributed by atoms with E-state index >= 15 is 0 Å². The van der Waals surface area contributed by atoms with Crippen LogP contribution in [-0.2, 0) is 6.54 Å². The van der Waals surface area contributed by atoms with Gasteiger partial charge in [0.1, 0.15) is 4.88 Å². The first-order valence-electron chi connectivity index (χ1n) is 5.28. The Bertz CT molecular complexity index is 570. The van der Waals surface area contributed by atoms with E-state index in [1.807, 2.05) is 18.2 Å². The molecule has 0 aliphatic heterocycles. The molecule has 0 unspecified atom stereocenters. The molecule has 0 radical (unpaired) electrons. The Hall–Kier alpha value is -1.59. The van der Waals surface area contributed by atoms with Gasteiger partial charge in [-0.3, -0.25) is 4.79 Å². The number of amides is 1. The summed E-state index contributed by atoms with van der Waals surface area (Å²) in [7, 11) is 1.72. The third kappa shape index (κ3) is 2.80. The lowest BCUT2D eigenvalue weighted by molar-refractivity contribution is 0.0789. The minimum Gasteiger partial charge on any atom is -0.375 e. The van der Waals surface area contributed by atoms with Crippen LogP contribution >= 0.6 is 22.9 Å². The molecule has 94 valence electrons. The highest BCUT2D eigenvalue weighted by molar-refractivity contribution is 7.17. The number of benzene rings is 1. The van der Waals surface area contributed by atoms with E-state index in [9.17, 15) is 4.79 Å². The second-order valence-electron chi connectivity index (χ2n) is 3.82. The van der Waals surface area contributed by atoms with Gasteiger partial charge in [0, 0.05) is 18.6 Å². The molecule has 0 aliphatic rings. The number of carbonyl (C=O) groups is 1. The van der Waals surface area contributed by atoms with Crippen LogP contribution < -0.4 is 5.73 Å². The van der Waals surface area contributed by atoms with Crippen molar-refractivity contribution < 1.29 is 4.79 Å². The molecule has 0 fully saturated rings. The number of nitrogens with two attached hydrogens (primary N) is 1. The lowest BCUT2D eigenvalue weighted by Crippen LogP contribution is -2.25. The smallest absolute Gasteiger partial charge is 0.265 e. The third-order valence-electron chi connectivity index (χ3n) is 2.45. The molecular weight excluding hydrogens is 270 g/mol. The molecule has 0 saturated heterocycles. The lowest BCUT2D eigenvalue weighted by atomic mass is 10.2. The van der Waals surface area contributed by atoms with Gasteiger partial charge in [-0.15, -0.1) is 0 Å². The molecule has 0 saturated carbocycles. The highest BCUT2D eigenvalue weighted by Crippen LogP contribution is 2.20. The largest absolute Gasteiger partial charge is 0.375 e. The van der Waals surface area contributed by atoms with E-state index < -0.39 is 0 Å². The maximum atomic E-state index is 12.1. The number of anilines is 1. The maximum Gasteiger partial charge on any atom is 0.265 e. The third-order valence-corrected chi connectivity index (χ3v) is 3.63. The van der Waals surface area contributed by atoms with Crippen LogP contribution in [0.15, 0.2) is 30.5 Å². The van der Waals surface area contributed by atoms with Crippen LogP contribution in [0.4, 0.5) is 5.13 Å². The van der Waals surface area contributed by atoms with Crippen LogP contribution in [0.1, 0.15) is 15.2 Å². The fourth-order valence-corrected chi connectivity index (χ4v) is 2.40. The summed E-state index contributed by atoms with van der Waals surface area (Å²) in [4.78, 5) is 18.1. The van der Waals surface area contributed by atoms with Crippen molar-refractivity contribution in [1.29, 1.82) is 0 Å². The van der Waals surface area contributed by atoms with Crippen LogP contribution in [0.3, 0.4) is 0 Å². The van der Waals surface area contributed by atoms with Crippen molar-refractivity contribution in [2.45, 2.75) is 6.54 Å². The van der Waals surface area contributed by atoms with Crippen molar-refractivity contribution in [2.24, 2.45) is 0 Å². The Kier molecular flexibility index (Phi) is 3.84. The zero-order valence-electron chi connectivity index (χ0n) is 9.76. The van der Waals surface area contributed by atoms with Gasteiger partial charge in [0.05, 0.1) is 6.20 Å². The van der Waals surface area contributed by atoms with Crippen LogP contribution in [0.2, 0.25) is 5.02 Å². The molecule has 0 spiro atoms. The zero-order chi connectivity index (χ0) is 13.1. The van der Waals surface area contributed by atoms with Crippen molar-refractivity contribution >= 4 is 34.0 Å². The Labute approximate surface area is 114 Å². The van der Waals surface area contributed by atoms with Crippen molar-refractivity contribution in [3.05, 3.63) is 45.9 Å². The van der Waals surface area contributed by atoms with Gasteiger partial charge in [-0.25, -0.2) is 4.98 Å². The number of hydrogen-bond acceptors (Lipinski definition) is 4. The molecule has 1 heterocycles. The minimum atomic E-state index is -0.107. The highest BCUT2D eigenvalue weighted by atomic mass is 35.5. The number of halogens is 1. The second-order valence-corrected chi connectivity index (χ2v) is 5.28. The normalized spacial score (nSPS) is 10.3. The summed E-state index contributed by atoms with van der Waals surface area (Å²) in [6.45, 7) is 0.455. The Morgan fingerprint density at radius 2 is 2.22 bits per heavy atom. The van der Waals surface area contributed by atoms with Crippen molar-refractivity contribution in [3.8, 4) is 0 Å². The molecule has 1 aromatic heterocycles. The molecular formula is C12H12ClN3OS. The second kappa shape index (κ2) is 5.37. The number of rotatable bonds is 3. The van der Waals surface area contributed by atoms with Crippen molar-refractivity contribution in [3.63, 3.8) is 0 Å². The number of hydrogen-bond donors (Lipinski definition) is 1. The van der Waals surface area contributed by atoms with Crippen molar-refractivity contribution in [2.75, 3.05) is 12.8 Å².